The zero-order valence-electron chi connectivity index (χ0n) is 11.9. The van der Waals surface area contributed by atoms with E-state index < -0.39 is 0 Å². The molecule has 2 rings (SSSR count). The van der Waals surface area contributed by atoms with Crippen LogP contribution in [-0.4, -0.2) is 40.4 Å². The van der Waals surface area contributed by atoms with Gasteiger partial charge in [-0.1, -0.05) is 27.7 Å². The second-order valence-corrected chi connectivity index (χ2v) is 6.85. The summed E-state index contributed by atoms with van der Waals surface area (Å²) in [7, 11) is 0. The highest BCUT2D eigenvalue weighted by molar-refractivity contribution is 7.09. The van der Waals surface area contributed by atoms with Crippen LogP contribution in [0.5, 0.6) is 0 Å². The van der Waals surface area contributed by atoms with Gasteiger partial charge in [-0.05, 0) is 25.4 Å². The van der Waals surface area contributed by atoms with Crippen LogP contribution < -0.4 is 5.32 Å². The van der Waals surface area contributed by atoms with Crippen molar-refractivity contribution in [2.75, 3.05) is 31.5 Å². The number of likely N-dealkylation sites (tertiary alicyclic amines) is 1. The molecule has 1 atom stereocenters. The van der Waals surface area contributed by atoms with Crippen LogP contribution in [0.4, 0.5) is 5.13 Å². The number of nitrogens with one attached hydrogen (secondary N) is 1. The molecule has 4 nitrogen and oxygen atoms in total. The summed E-state index contributed by atoms with van der Waals surface area (Å²) >= 11 is 1.48. The minimum atomic E-state index is 0.0444. The monoisotopic (exact) mass is 268 g/mol. The van der Waals surface area contributed by atoms with Gasteiger partial charge in [0, 0.05) is 30.0 Å². The molecule has 102 valence electrons. The van der Waals surface area contributed by atoms with Gasteiger partial charge < -0.3 is 10.2 Å². The highest BCUT2D eigenvalue weighted by Gasteiger charge is 2.22. The molecule has 1 fully saturated rings. The van der Waals surface area contributed by atoms with Crippen molar-refractivity contribution in [2.24, 2.45) is 5.92 Å². The molecule has 0 aliphatic carbocycles. The van der Waals surface area contributed by atoms with Crippen LogP contribution in [0.2, 0.25) is 0 Å². The Balaban J connectivity index is 1.82. The Hall–Kier alpha value is -0.680. The molecule has 1 N–H and O–H groups in total. The van der Waals surface area contributed by atoms with Crippen molar-refractivity contribution in [1.82, 2.24) is 14.3 Å². The van der Waals surface area contributed by atoms with E-state index >= 15 is 0 Å². The van der Waals surface area contributed by atoms with E-state index in [1.165, 1.54) is 37.6 Å². The summed E-state index contributed by atoms with van der Waals surface area (Å²) < 4.78 is 4.42. The van der Waals surface area contributed by atoms with Gasteiger partial charge in [0.2, 0.25) is 5.13 Å². The Morgan fingerprint density at radius 1 is 1.44 bits per heavy atom. The normalized spacial score (nSPS) is 21.4. The van der Waals surface area contributed by atoms with Crippen LogP contribution in [0.15, 0.2) is 0 Å². The van der Waals surface area contributed by atoms with Crippen molar-refractivity contribution in [1.29, 1.82) is 0 Å². The van der Waals surface area contributed by atoms with Crippen LogP contribution in [-0.2, 0) is 5.41 Å². The van der Waals surface area contributed by atoms with Gasteiger partial charge in [0.15, 0.2) is 0 Å². The van der Waals surface area contributed by atoms with Crippen molar-refractivity contribution in [3.8, 4) is 0 Å². The van der Waals surface area contributed by atoms with Crippen molar-refractivity contribution < 1.29 is 0 Å². The highest BCUT2D eigenvalue weighted by Crippen LogP contribution is 2.23. The molecule has 0 saturated carbocycles. The van der Waals surface area contributed by atoms with Gasteiger partial charge in [-0.2, -0.15) is 4.37 Å². The predicted molar refractivity (Wildman–Crippen MR) is 77.3 cm³/mol. The fourth-order valence-electron chi connectivity index (χ4n) is 2.20. The van der Waals surface area contributed by atoms with E-state index in [4.69, 9.17) is 0 Å². The van der Waals surface area contributed by atoms with Gasteiger partial charge in [-0.3, -0.25) is 0 Å². The Morgan fingerprint density at radius 3 is 2.78 bits per heavy atom. The predicted octanol–water partition coefficient (Wildman–Crippen LogP) is 2.59. The number of anilines is 1. The molecule has 0 radical (unpaired) electrons. The van der Waals surface area contributed by atoms with Gasteiger partial charge in [-0.15, -0.1) is 0 Å². The first-order chi connectivity index (χ1) is 8.49. The van der Waals surface area contributed by atoms with E-state index in [0.29, 0.717) is 0 Å². The largest absolute Gasteiger partial charge is 0.360 e. The maximum absolute atomic E-state index is 4.56. The zero-order valence-corrected chi connectivity index (χ0v) is 12.7. The molecule has 1 aliphatic heterocycles. The number of hydrogen-bond donors (Lipinski definition) is 1. The third-order valence-corrected chi connectivity index (χ3v) is 4.13. The highest BCUT2D eigenvalue weighted by atomic mass is 32.1. The maximum Gasteiger partial charge on any atom is 0.202 e. The minimum Gasteiger partial charge on any atom is -0.360 e. The second-order valence-electron chi connectivity index (χ2n) is 6.10. The van der Waals surface area contributed by atoms with Crippen LogP contribution >= 0.6 is 11.5 Å². The van der Waals surface area contributed by atoms with Crippen molar-refractivity contribution in [3.05, 3.63) is 5.82 Å². The molecule has 1 saturated heterocycles. The van der Waals surface area contributed by atoms with Crippen molar-refractivity contribution >= 4 is 16.7 Å². The Bertz CT molecular complexity index is 383. The van der Waals surface area contributed by atoms with Gasteiger partial charge >= 0.3 is 0 Å². The summed E-state index contributed by atoms with van der Waals surface area (Å²) in [5.74, 6) is 1.70. The van der Waals surface area contributed by atoms with Gasteiger partial charge in [0.25, 0.3) is 0 Å². The Labute approximate surface area is 114 Å². The van der Waals surface area contributed by atoms with Crippen LogP contribution in [0.3, 0.4) is 0 Å². The summed E-state index contributed by atoms with van der Waals surface area (Å²) in [6.07, 6.45) is 1.30. The SMILES string of the molecule is CCN1CCC(CNc2nc(C(C)(C)C)ns2)C1. The van der Waals surface area contributed by atoms with Gasteiger partial charge in [0.1, 0.15) is 5.82 Å². The molecule has 0 bridgehead atoms. The average molecular weight is 268 g/mol. The van der Waals surface area contributed by atoms with E-state index in [1.54, 1.807) is 0 Å². The molecular formula is C13H24N4S. The number of rotatable bonds is 4. The summed E-state index contributed by atoms with van der Waals surface area (Å²) in [6.45, 7) is 13.3. The van der Waals surface area contributed by atoms with E-state index in [9.17, 15) is 0 Å². The maximum atomic E-state index is 4.56. The number of hydrogen-bond acceptors (Lipinski definition) is 5. The van der Waals surface area contributed by atoms with E-state index in [1.807, 2.05) is 0 Å². The van der Waals surface area contributed by atoms with Crippen LogP contribution in [0.25, 0.3) is 0 Å². The molecule has 5 heteroatoms. The average Bonchev–Trinajstić information content (AvgIpc) is 2.94. The molecule has 1 unspecified atom stereocenters. The molecule has 0 spiro atoms. The molecule has 1 aliphatic rings. The zero-order chi connectivity index (χ0) is 13.2. The quantitative estimate of drug-likeness (QED) is 0.911. The standard InChI is InChI=1S/C13H24N4S/c1-5-17-7-6-10(9-17)8-14-12-15-11(16-18-12)13(2,3)4/h10H,5-9H2,1-4H3,(H,14,15,16). The van der Waals surface area contributed by atoms with Crippen molar-refractivity contribution in [2.45, 2.75) is 39.5 Å². The molecular weight excluding hydrogens is 244 g/mol. The Kier molecular flexibility index (Phi) is 4.22. The third kappa shape index (κ3) is 3.42. The van der Waals surface area contributed by atoms with Gasteiger partial charge in [-0.25, -0.2) is 4.98 Å². The molecule has 0 amide bonds. The summed E-state index contributed by atoms with van der Waals surface area (Å²) in [5, 5.41) is 4.41. The number of aromatic nitrogens is 2. The van der Waals surface area contributed by atoms with E-state index in [-0.39, 0.29) is 5.41 Å². The smallest absolute Gasteiger partial charge is 0.202 e. The van der Waals surface area contributed by atoms with E-state index in [0.717, 1.165) is 23.4 Å². The first-order valence-electron chi connectivity index (χ1n) is 6.79. The molecule has 2 heterocycles. The fraction of sp³-hybridized carbons (Fsp3) is 0.846. The third-order valence-electron chi connectivity index (χ3n) is 3.46. The van der Waals surface area contributed by atoms with Crippen LogP contribution in [0, 0.1) is 5.92 Å². The van der Waals surface area contributed by atoms with Gasteiger partial charge in [0.05, 0.1) is 0 Å². The topological polar surface area (TPSA) is 41.0 Å². The fourth-order valence-corrected chi connectivity index (χ4v) is 2.96. The van der Waals surface area contributed by atoms with Crippen molar-refractivity contribution in [3.63, 3.8) is 0 Å². The first kappa shape index (κ1) is 13.7. The molecule has 18 heavy (non-hydrogen) atoms. The lowest BCUT2D eigenvalue weighted by Crippen LogP contribution is -2.22. The lowest BCUT2D eigenvalue weighted by Gasteiger charge is -2.13. The summed E-state index contributed by atoms with van der Waals surface area (Å²) in [4.78, 5) is 7.07. The molecule has 0 aromatic carbocycles. The summed E-state index contributed by atoms with van der Waals surface area (Å²) in [5.41, 5.74) is 0.0444. The lowest BCUT2D eigenvalue weighted by molar-refractivity contribution is 0.345. The minimum absolute atomic E-state index is 0.0444. The molecule has 1 aromatic heterocycles. The second kappa shape index (κ2) is 5.53. The Morgan fingerprint density at radius 2 is 2.22 bits per heavy atom. The van der Waals surface area contributed by atoms with E-state index in [2.05, 4.69) is 47.3 Å². The first-order valence-corrected chi connectivity index (χ1v) is 7.57. The molecule has 1 aromatic rings. The lowest BCUT2D eigenvalue weighted by atomic mass is 9.96. The summed E-state index contributed by atoms with van der Waals surface area (Å²) in [6, 6.07) is 0. The van der Waals surface area contributed by atoms with Crippen LogP contribution in [0.1, 0.15) is 39.9 Å². The number of nitrogens with zero attached hydrogens (tertiary/aromatic N) is 3.